The molecule has 0 aliphatic heterocycles. The molecule has 0 saturated carbocycles. The third-order valence-corrected chi connectivity index (χ3v) is 2.92. The van der Waals surface area contributed by atoms with E-state index in [-0.39, 0.29) is 12.1 Å². The molecule has 0 spiro atoms. The highest BCUT2D eigenvalue weighted by Gasteiger charge is 2.14. The lowest BCUT2D eigenvalue weighted by Crippen LogP contribution is -2.22. The van der Waals surface area contributed by atoms with Crippen molar-refractivity contribution in [3.63, 3.8) is 0 Å². The molecule has 1 aromatic carbocycles. The van der Waals surface area contributed by atoms with E-state index < -0.39 is 16.9 Å². The van der Waals surface area contributed by atoms with Crippen LogP contribution >= 0.6 is 0 Å². The fourth-order valence-electron chi connectivity index (χ4n) is 1.99. The summed E-state index contributed by atoms with van der Waals surface area (Å²) in [6, 6.07) is 9.14. The normalized spacial score (nSPS) is 12.1. The number of nitro benzene ring substituents is 1. The van der Waals surface area contributed by atoms with E-state index >= 15 is 0 Å². The van der Waals surface area contributed by atoms with Crippen molar-refractivity contribution in [2.24, 2.45) is 11.5 Å². The fourth-order valence-corrected chi connectivity index (χ4v) is 1.99. The van der Waals surface area contributed by atoms with E-state index in [9.17, 15) is 14.9 Å². The quantitative estimate of drug-likeness (QED) is 0.630. The number of carbonyl (C=O) groups excluding carboxylic acids is 1. The molecule has 7 nitrogen and oxygen atoms in total. The summed E-state index contributed by atoms with van der Waals surface area (Å²) in [5.74, 6) is -0.478. The molecule has 1 heterocycles. The molecule has 4 N–H and O–H groups in total. The number of nitro groups is 1. The third-order valence-electron chi connectivity index (χ3n) is 2.92. The number of rotatable bonds is 5. The largest absolute Gasteiger partial charge is 0.370 e. The summed E-state index contributed by atoms with van der Waals surface area (Å²) in [5, 5.41) is 10.6. The van der Waals surface area contributed by atoms with Crippen molar-refractivity contribution < 1.29 is 9.72 Å². The van der Waals surface area contributed by atoms with Crippen LogP contribution < -0.4 is 11.5 Å². The summed E-state index contributed by atoms with van der Waals surface area (Å²) >= 11 is 0. The van der Waals surface area contributed by atoms with Crippen molar-refractivity contribution in [3.05, 3.63) is 58.4 Å². The Morgan fingerprint density at radius 3 is 2.50 bits per heavy atom. The maximum Gasteiger partial charge on any atom is 0.269 e. The highest BCUT2D eigenvalue weighted by molar-refractivity contribution is 5.74. The van der Waals surface area contributed by atoms with Crippen LogP contribution in [0.3, 0.4) is 0 Å². The predicted octanol–water partition coefficient (Wildman–Crippen LogP) is 1.26. The second-order valence-electron chi connectivity index (χ2n) is 4.35. The summed E-state index contributed by atoms with van der Waals surface area (Å²) in [6.45, 7) is 0. The Balaban J connectivity index is 2.31. The van der Waals surface area contributed by atoms with E-state index in [0.717, 1.165) is 11.4 Å². The molecule has 0 bridgehead atoms. The van der Waals surface area contributed by atoms with Gasteiger partial charge in [0.1, 0.15) is 0 Å². The SMILES string of the molecule is NC(=O)CC(N)c1cccn1-c1ccc([N+](=O)[O-])cc1. The van der Waals surface area contributed by atoms with Crippen molar-refractivity contribution in [2.75, 3.05) is 0 Å². The van der Waals surface area contributed by atoms with Crippen LogP contribution in [-0.4, -0.2) is 15.4 Å². The Morgan fingerprint density at radius 1 is 1.30 bits per heavy atom. The number of hydrogen-bond donors (Lipinski definition) is 2. The number of nitrogens with zero attached hydrogens (tertiary/aromatic N) is 2. The van der Waals surface area contributed by atoms with Crippen LogP contribution in [-0.2, 0) is 4.79 Å². The van der Waals surface area contributed by atoms with Gasteiger partial charge < -0.3 is 16.0 Å². The van der Waals surface area contributed by atoms with Crippen LogP contribution in [0.1, 0.15) is 18.2 Å². The van der Waals surface area contributed by atoms with Crippen molar-refractivity contribution >= 4 is 11.6 Å². The summed E-state index contributed by atoms with van der Waals surface area (Å²) in [4.78, 5) is 21.1. The van der Waals surface area contributed by atoms with Crippen molar-refractivity contribution in [3.8, 4) is 5.69 Å². The lowest BCUT2D eigenvalue weighted by atomic mass is 10.1. The molecule has 7 heteroatoms. The Labute approximate surface area is 114 Å². The van der Waals surface area contributed by atoms with Gasteiger partial charge in [0.15, 0.2) is 0 Å². The zero-order valence-corrected chi connectivity index (χ0v) is 10.6. The van der Waals surface area contributed by atoms with Crippen LogP contribution in [0, 0.1) is 10.1 Å². The molecule has 0 radical (unpaired) electrons. The maximum atomic E-state index is 10.9. The molecular weight excluding hydrogens is 260 g/mol. The summed E-state index contributed by atoms with van der Waals surface area (Å²) in [7, 11) is 0. The number of nitrogens with two attached hydrogens (primary N) is 2. The molecule has 1 atom stereocenters. The number of carbonyl (C=O) groups is 1. The molecule has 0 aliphatic carbocycles. The van der Waals surface area contributed by atoms with Gasteiger partial charge in [-0.05, 0) is 24.3 Å². The van der Waals surface area contributed by atoms with Crippen molar-refractivity contribution in [1.82, 2.24) is 4.57 Å². The third kappa shape index (κ3) is 2.83. The van der Waals surface area contributed by atoms with Gasteiger partial charge in [-0.25, -0.2) is 0 Å². The smallest absolute Gasteiger partial charge is 0.269 e. The second kappa shape index (κ2) is 5.54. The van der Waals surface area contributed by atoms with Crippen LogP contribution in [0.2, 0.25) is 0 Å². The molecular formula is C13H14N4O3. The first-order chi connectivity index (χ1) is 9.49. The average Bonchev–Trinajstić information content (AvgIpc) is 2.87. The number of non-ortho nitro benzene ring substituents is 1. The summed E-state index contributed by atoms with van der Waals surface area (Å²) in [5.41, 5.74) is 12.5. The van der Waals surface area contributed by atoms with Gasteiger partial charge in [-0.3, -0.25) is 14.9 Å². The molecule has 0 fully saturated rings. The van der Waals surface area contributed by atoms with E-state index in [0.29, 0.717) is 0 Å². The highest BCUT2D eigenvalue weighted by atomic mass is 16.6. The van der Waals surface area contributed by atoms with Gasteiger partial charge in [0, 0.05) is 36.1 Å². The van der Waals surface area contributed by atoms with Crippen LogP contribution in [0.5, 0.6) is 0 Å². The molecule has 0 aliphatic rings. The van der Waals surface area contributed by atoms with Gasteiger partial charge in [0.05, 0.1) is 11.0 Å². The number of amides is 1. The monoisotopic (exact) mass is 274 g/mol. The molecule has 0 saturated heterocycles. The maximum absolute atomic E-state index is 10.9. The number of benzene rings is 1. The van der Waals surface area contributed by atoms with E-state index in [1.54, 1.807) is 35.0 Å². The standard InChI is InChI=1S/C13H14N4O3/c14-11(8-13(15)18)12-2-1-7-16(12)9-3-5-10(6-4-9)17(19)20/h1-7,11H,8,14H2,(H2,15,18). The molecule has 1 amide bonds. The Bertz CT molecular complexity index is 633. The van der Waals surface area contributed by atoms with E-state index in [2.05, 4.69) is 0 Å². The zero-order valence-electron chi connectivity index (χ0n) is 10.6. The Kier molecular flexibility index (Phi) is 3.81. The minimum absolute atomic E-state index is 0.0175. The first-order valence-electron chi connectivity index (χ1n) is 5.95. The highest BCUT2D eigenvalue weighted by Crippen LogP contribution is 2.21. The molecule has 20 heavy (non-hydrogen) atoms. The average molecular weight is 274 g/mol. The van der Waals surface area contributed by atoms with Gasteiger partial charge in [0.2, 0.25) is 5.91 Å². The van der Waals surface area contributed by atoms with Gasteiger partial charge in [-0.2, -0.15) is 0 Å². The van der Waals surface area contributed by atoms with E-state index in [4.69, 9.17) is 11.5 Å². The van der Waals surface area contributed by atoms with Crippen LogP contribution in [0.25, 0.3) is 5.69 Å². The lowest BCUT2D eigenvalue weighted by molar-refractivity contribution is -0.384. The van der Waals surface area contributed by atoms with E-state index in [1.165, 1.54) is 12.1 Å². The number of hydrogen-bond acceptors (Lipinski definition) is 4. The van der Waals surface area contributed by atoms with Gasteiger partial charge in [-0.1, -0.05) is 0 Å². The van der Waals surface area contributed by atoms with Crippen LogP contribution in [0.15, 0.2) is 42.6 Å². The van der Waals surface area contributed by atoms with E-state index in [1.807, 2.05) is 0 Å². The lowest BCUT2D eigenvalue weighted by Gasteiger charge is -2.14. The number of primary amides is 1. The minimum Gasteiger partial charge on any atom is -0.370 e. The second-order valence-corrected chi connectivity index (χ2v) is 4.35. The molecule has 104 valence electrons. The molecule has 1 aromatic heterocycles. The first-order valence-corrected chi connectivity index (χ1v) is 5.95. The summed E-state index contributed by atoms with van der Waals surface area (Å²) in [6.07, 6.45) is 1.81. The Morgan fingerprint density at radius 2 is 1.95 bits per heavy atom. The molecule has 2 rings (SSSR count). The van der Waals surface area contributed by atoms with Crippen LogP contribution in [0.4, 0.5) is 5.69 Å². The zero-order chi connectivity index (χ0) is 14.7. The summed E-state index contributed by atoms with van der Waals surface area (Å²) < 4.78 is 1.78. The Hall–Kier alpha value is -2.67. The van der Waals surface area contributed by atoms with Gasteiger partial charge >= 0.3 is 0 Å². The topological polar surface area (TPSA) is 117 Å². The molecule has 2 aromatic rings. The number of aromatic nitrogens is 1. The van der Waals surface area contributed by atoms with Gasteiger partial charge in [-0.15, -0.1) is 0 Å². The first kappa shape index (κ1) is 13.8. The minimum atomic E-state index is -0.516. The fraction of sp³-hybridized carbons (Fsp3) is 0.154. The van der Waals surface area contributed by atoms with Crippen molar-refractivity contribution in [1.29, 1.82) is 0 Å². The van der Waals surface area contributed by atoms with Crippen molar-refractivity contribution in [2.45, 2.75) is 12.5 Å². The van der Waals surface area contributed by atoms with Gasteiger partial charge in [0.25, 0.3) is 5.69 Å². The predicted molar refractivity (Wildman–Crippen MR) is 73.2 cm³/mol. The molecule has 1 unspecified atom stereocenters.